The smallest absolute Gasteiger partial charge is 0.265 e. The second kappa shape index (κ2) is 4.55. The third-order valence-electron chi connectivity index (χ3n) is 2.94. The van der Waals surface area contributed by atoms with Gasteiger partial charge in [0.15, 0.2) is 0 Å². The predicted octanol–water partition coefficient (Wildman–Crippen LogP) is 1.55. The van der Waals surface area contributed by atoms with E-state index in [1.807, 2.05) is 27.7 Å². The summed E-state index contributed by atoms with van der Waals surface area (Å²) in [6.07, 6.45) is -3.57. The van der Waals surface area contributed by atoms with Crippen LogP contribution < -0.4 is 5.32 Å². The third kappa shape index (κ3) is 3.37. The minimum absolute atomic E-state index is 0.0177. The average Bonchev–Trinajstić information content (AvgIpc) is 2.29. The van der Waals surface area contributed by atoms with Crippen molar-refractivity contribution >= 4 is 0 Å². The summed E-state index contributed by atoms with van der Waals surface area (Å²) < 4.78 is 30.1. The van der Waals surface area contributed by atoms with Crippen LogP contribution in [-0.4, -0.2) is 41.4 Å². The molecule has 1 aliphatic rings. The second-order valence-corrected chi connectivity index (χ2v) is 5.53. The summed E-state index contributed by atoms with van der Waals surface area (Å²) in [7, 11) is 0. The molecule has 0 aromatic carbocycles. The Morgan fingerprint density at radius 1 is 1.38 bits per heavy atom. The van der Waals surface area contributed by atoms with E-state index in [0.29, 0.717) is 0 Å². The summed E-state index contributed by atoms with van der Waals surface area (Å²) in [5.41, 5.74) is -0.651. The lowest BCUT2D eigenvalue weighted by Gasteiger charge is -2.28. The van der Waals surface area contributed by atoms with E-state index < -0.39 is 18.1 Å². The molecule has 0 aromatic heterocycles. The van der Waals surface area contributed by atoms with E-state index in [1.54, 1.807) is 0 Å². The molecular formula is C11H21F2NO2. The number of aliphatic hydroxyl groups is 1. The number of nitrogens with one attached hydrogen (secondary N) is 1. The molecule has 0 aromatic rings. The molecule has 1 saturated heterocycles. The highest BCUT2D eigenvalue weighted by molar-refractivity contribution is 4.99. The summed E-state index contributed by atoms with van der Waals surface area (Å²) in [5.74, 6) is 0. The summed E-state index contributed by atoms with van der Waals surface area (Å²) >= 11 is 0. The zero-order valence-electron chi connectivity index (χ0n) is 10.3. The molecule has 2 N–H and O–H groups in total. The van der Waals surface area contributed by atoms with E-state index in [2.05, 4.69) is 5.32 Å². The quantitative estimate of drug-likeness (QED) is 0.779. The van der Waals surface area contributed by atoms with Gasteiger partial charge in [-0.2, -0.15) is 0 Å². The average molecular weight is 237 g/mol. The SMILES string of the molecule is CC1(C)CC(NCC(O)C(F)F)C(C)(C)O1. The van der Waals surface area contributed by atoms with Crippen molar-refractivity contribution in [1.29, 1.82) is 0 Å². The van der Waals surface area contributed by atoms with Crippen molar-refractivity contribution in [2.45, 2.75) is 63.9 Å². The molecule has 0 radical (unpaired) electrons. The van der Waals surface area contributed by atoms with Gasteiger partial charge in [0.05, 0.1) is 11.2 Å². The highest BCUT2D eigenvalue weighted by Gasteiger charge is 2.45. The van der Waals surface area contributed by atoms with Gasteiger partial charge in [-0.25, -0.2) is 8.78 Å². The van der Waals surface area contributed by atoms with Crippen molar-refractivity contribution in [2.24, 2.45) is 0 Å². The Bertz CT molecular complexity index is 244. The van der Waals surface area contributed by atoms with E-state index in [4.69, 9.17) is 9.84 Å². The van der Waals surface area contributed by atoms with E-state index in [9.17, 15) is 8.78 Å². The molecule has 1 heterocycles. The Labute approximate surface area is 95.2 Å². The molecule has 1 rings (SSSR count). The van der Waals surface area contributed by atoms with Crippen LogP contribution in [0.25, 0.3) is 0 Å². The van der Waals surface area contributed by atoms with E-state index in [1.165, 1.54) is 0 Å². The molecule has 3 nitrogen and oxygen atoms in total. The first-order valence-corrected chi connectivity index (χ1v) is 5.54. The summed E-state index contributed by atoms with van der Waals surface area (Å²) in [5, 5.41) is 12.0. The first-order valence-electron chi connectivity index (χ1n) is 5.54. The highest BCUT2D eigenvalue weighted by Crippen LogP contribution is 2.37. The fourth-order valence-electron chi connectivity index (χ4n) is 2.23. The Morgan fingerprint density at radius 2 is 1.94 bits per heavy atom. The van der Waals surface area contributed by atoms with Crippen LogP contribution in [0.4, 0.5) is 8.78 Å². The molecule has 16 heavy (non-hydrogen) atoms. The van der Waals surface area contributed by atoms with Crippen molar-refractivity contribution in [2.75, 3.05) is 6.54 Å². The summed E-state index contributed by atoms with van der Waals surface area (Å²) in [6.45, 7) is 7.69. The molecule has 5 heteroatoms. The van der Waals surface area contributed by atoms with E-state index >= 15 is 0 Å². The molecule has 2 atom stereocenters. The van der Waals surface area contributed by atoms with Gasteiger partial charge in [-0.15, -0.1) is 0 Å². The number of aliphatic hydroxyl groups excluding tert-OH is 1. The Balaban J connectivity index is 2.49. The molecule has 1 fully saturated rings. The molecule has 0 amide bonds. The first kappa shape index (κ1) is 13.8. The van der Waals surface area contributed by atoms with Crippen molar-refractivity contribution in [1.82, 2.24) is 5.32 Å². The van der Waals surface area contributed by atoms with Gasteiger partial charge in [0.1, 0.15) is 6.10 Å². The zero-order chi connectivity index (χ0) is 12.6. The molecule has 0 bridgehead atoms. The number of hydrogen-bond acceptors (Lipinski definition) is 3. The number of hydrogen-bond donors (Lipinski definition) is 2. The number of alkyl halides is 2. The van der Waals surface area contributed by atoms with Gasteiger partial charge >= 0.3 is 0 Å². The maximum Gasteiger partial charge on any atom is 0.265 e. The van der Waals surface area contributed by atoms with Crippen LogP contribution in [0.3, 0.4) is 0 Å². The van der Waals surface area contributed by atoms with Gasteiger partial charge in [-0.05, 0) is 34.1 Å². The molecule has 96 valence electrons. The van der Waals surface area contributed by atoms with Crippen LogP contribution in [0.1, 0.15) is 34.1 Å². The molecule has 2 unspecified atom stereocenters. The molecule has 0 saturated carbocycles. The minimum atomic E-state index is -2.70. The van der Waals surface area contributed by atoms with Crippen LogP contribution in [-0.2, 0) is 4.74 Å². The summed E-state index contributed by atoms with van der Waals surface area (Å²) in [6, 6.07) is -0.0177. The van der Waals surface area contributed by atoms with Crippen molar-refractivity contribution < 1.29 is 18.6 Å². The molecular weight excluding hydrogens is 216 g/mol. The van der Waals surface area contributed by atoms with Crippen LogP contribution in [0, 0.1) is 0 Å². The van der Waals surface area contributed by atoms with Gasteiger partial charge < -0.3 is 15.2 Å². The topological polar surface area (TPSA) is 41.5 Å². The van der Waals surface area contributed by atoms with Crippen LogP contribution >= 0.6 is 0 Å². The number of rotatable bonds is 4. The maximum atomic E-state index is 12.1. The monoisotopic (exact) mass is 237 g/mol. The standard InChI is InChI=1S/C11H21F2NO2/c1-10(2)5-8(11(3,4)16-10)14-6-7(15)9(12)13/h7-9,14-15H,5-6H2,1-4H3. The minimum Gasteiger partial charge on any atom is -0.386 e. The number of halogens is 2. The Morgan fingerprint density at radius 3 is 2.31 bits per heavy atom. The van der Waals surface area contributed by atoms with E-state index in [-0.39, 0.29) is 18.2 Å². The lowest BCUT2D eigenvalue weighted by atomic mass is 9.94. The normalized spacial score (nSPS) is 29.6. The van der Waals surface area contributed by atoms with Gasteiger partial charge in [0.25, 0.3) is 6.43 Å². The molecule has 0 spiro atoms. The predicted molar refractivity (Wildman–Crippen MR) is 57.7 cm³/mol. The Hall–Kier alpha value is -0.260. The number of ether oxygens (including phenoxy) is 1. The van der Waals surface area contributed by atoms with Gasteiger partial charge in [-0.1, -0.05) is 0 Å². The van der Waals surface area contributed by atoms with Crippen LogP contribution in [0.15, 0.2) is 0 Å². The lowest BCUT2D eigenvalue weighted by Crippen LogP contribution is -2.47. The lowest BCUT2D eigenvalue weighted by molar-refractivity contribution is -0.0714. The summed E-state index contributed by atoms with van der Waals surface area (Å²) in [4.78, 5) is 0. The highest BCUT2D eigenvalue weighted by atomic mass is 19.3. The maximum absolute atomic E-state index is 12.1. The van der Waals surface area contributed by atoms with Crippen LogP contribution in [0.5, 0.6) is 0 Å². The van der Waals surface area contributed by atoms with E-state index in [0.717, 1.165) is 6.42 Å². The molecule has 1 aliphatic heterocycles. The Kier molecular flexibility index (Phi) is 3.92. The van der Waals surface area contributed by atoms with Crippen molar-refractivity contribution in [3.63, 3.8) is 0 Å². The first-order chi connectivity index (χ1) is 7.14. The van der Waals surface area contributed by atoms with Crippen molar-refractivity contribution in [3.05, 3.63) is 0 Å². The van der Waals surface area contributed by atoms with Crippen LogP contribution in [0.2, 0.25) is 0 Å². The van der Waals surface area contributed by atoms with Gasteiger partial charge in [0, 0.05) is 12.6 Å². The largest absolute Gasteiger partial charge is 0.386 e. The van der Waals surface area contributed by atoms with Crippen molar-refractivity contribution in [3.8, 4) is 0 Å². The third-order valence-corrected chi connectivity index (χ3v) is 2.94. The second-order valence-electron chi connectivity index (χ2n) is 5.53. The fraction of sp³-hybridized carbons (Fsp3) is 1.00. The fourth-order valence-corrected chi connectivity index (χ4v) is 2.23. The zero-order valence-corrected chi connectivity index (χ0v) is 10.3. The molecule has 0 aliphatic carbocycles. The van der Waals surface area contributed by atoms with Gasteiger partial charge in [-0.3, -0.25) is 0 Å². The van der Waals surface area contributed by atoms with Gasteiger partial charge in [0.2, 0.25) is 0 Å².